The number of benzene rings is 1. The van der Waals surface area contributed by atoms with Crippen molar-refractivity contribution in [1.82, 2.24) is 20.4 Å². The quantitative estimate of drug-likeness (QED) is 0.546. The van der Waals surface area contributed by atoms with E-state index in [1.165, 1.54) is 18.4 Å². The fraction of sp³-hybridized carbons (Fsp3) is 0.435. The van der Waals surface area contributed by atoms with Crippen molar-refractivity contribution in [1.29, 1.82) is 0 Å². The molecule has 0 bridgehead atoms. The first-order valence-corrected chi connectivity index (χ1v) is 11.6. The molecule has 8 nitrogen and oxygen atoms in total. The van der Waals surface area contributed by atoms with Crippen molar-refractivity contribution in [2.45, 2.75) is 44.1 Å². The predicted octanol–water partition coefficient (Wildman–Crippen LogP) is 4.18. The van der Waals surface area contributed by atoms with Crippen LogP contribution in [0.1, 0.15) is 54.0 Å². The molecule has 1 fully saturated rings. The first kappa shape index (κ1) is 22.3. The van der Waals surface area contributed by atoms with Gasteiger partial charge in [0.2, 0.25) is 5.13 Å². The summed E-state index contributed by atoms with van der Waals surface area (Å²) in [4.78, 5) is 12.8. The summed E-state index contributed by atoms with van der Waals surface area (Å²) in [6.07, 6.45) is 6.32. The van der Waals surface area contributed by atoms with Gasteiger partial charge in [-0.3, -0.25) is 10.1 Å². The molecule has 0 saturated heterocycles. The molecule has 1 atom stereocenters. The molecule has 168 valence electrons. The van der Waals surface area contributed by atoms with E-state index in [0.29, 0.717) is 28.3 Å². The van der Waals surface area contributed by atoms with Gasteiger partial charge in [0.25, 0.3) is 5.91 Å². The van der Waals surface area contributed by atoms with Crippen LogP contribution in [-0.4, -0.2) is 40.5 Å². The molecule has 1 N–H and O–H groups in total. The number of nitrogens with zero attached hydrogens (tertiary/aromatic N) is 4. The van der Waals surface area contributed by atoms with E-state index in [-0.39, 0.29) is 5.91 Å². The van der Waals surface area contributed by atoms with Gasteiger partial charge in [0, 0.05) is 25.6 Å². The van der Waals surface area contributed by atoms with Crippen LogP contribution < -0.4 is 10.1 Å². The summed E-state index contributed by atoms with van der Waals surface area (Å²) in [6.45, 7) is 0. The standard InChI is InChI=1S/C23H27N5O3S/c1-30-18-6-3-5-17(14-18)21(31-2)22(29)25-23-28-27-20(32-23)13-15-8-10-16(11-9-15)19-7-4-12-24-26-19/h3-7,12,14-16,21H,8-11,13H2,1-2H3,(H,25,28,29)/t15?,16?,21-/m1/s1. The summed E-state index contributed by atoms with van der Waals surface area (Å²) in [6, 6.07) is 11.3. The third kappa shape index (κ3) is 5.46. The SMILES string of the molecule is COc1cccc([C@@H](OC)C(=O)Nc2nnc(CC3CCC(c4cccnn4)CC3)s2)c1. The Morgan fingerprint density at radius 3 is 2.69 bits per heavy atom. The Hall–Kier alpha value is -2.91. The average molecular weight is 454 g/mol. The summed E-state index contributed by atoms with van der Waals surface area (Å²) >= 11 is 1.43. The van der Waals surface area contributed by atoms with Crippen LogP contribution in [0.2, 0.25) is 0 Å². The monoisotopic (exact) mass is 453 g/mol. The highest BCUT2D eigenvalue weighted by Gasteiger charge is 2.25. The van der Waals surface area contributed by atoms with Crippen molar-refractivity contribution < 1.29 is 14.3 Å². The molecule has 1 aliphatic rings. The maximum atomic E-state index is 12.8. The van der Waals surface area contributed by atoms with Gasteiger partial charge < -0.3 is 9.47 Å². The maximum absolute atomic E-state index is 12.8. The van der Waals surface area contributed by atoms with Crippen molar-refractivity contribution in [3.63, 3.8) is 0 Å². The van der Waals surface area contributed by atoms with E-state index in [4.69, 9.17) is 9.47 Å². The number of anilines is 1. The van der Waals surface area contributed by atoms with E-state index in [0.717, 1.165) is 42.8 Å². The maximum Gasteiger partial charge on any atom is 0.259 e. The Morgan fingerprint density at radius 1 is 1.12 bits per heavy atom. The van der Waals surface area contributed by atoms with E-state index < -0.39 is 6.10 Å². The molecule has 0 unspecified atom stereocenters. The van der Waals surface area contributed by atoms with E-state index in [9.17, 15) is 4.79 Å². The second kappa shape index (κ2) is 10.6. The Labute approximate surface area is 191 Å². The Kier molecular flexibility index (Phi) is 7.39. The van der Waals surface area contributed by atoms with Crippen molar-refractivity contribution >= 4 is 22.4 Å². The van der Waals surface area contributed by atoms with E-state index in [2.05, 4.69) is 31.8 Å². The summed E-state index contributed by atoms with van der Waals surface area (Å²) < 4.78 is 10.7. The molecule has 1 amide bonds. The molecular formula is C23H27N5O3S. The minimum absolute atomic E-state index is 0.284. The van der Waals surface area contributed by atoms with Crippen molar-refractivity contribution in [2.75, 3.05) is 19.5 Å². The van der Waals surface area contributed by atoms with Crippen LogP contribution in [0.5, 0.6) is 5.75 Å². The molecular weight excluding hydrogens is 426 g/mol. The third-order valence-electron chi connectivity index (χ3n) is 5.89. The summed E-state index contributed by atoms with van der Waals surface area (Å²) in [5, 5.41) is 21.0. The number of carbonyl (C=O) groups is 1. The lowest BCUT2D eigenvalue weighted by Gasteiger charge is -2.27. The van der Waals surface area contributed by atoms with E-state index >= 15 is 0 Å². The number of hydrogen-bond acceptors (Lipinski definition) is 8. The smallest absolute Gasteiger partial charge is 0.259 e. The molecule has 1 aromatic carbocycles. The first-order valence-electron chi connectivity index (χ1n) is 10.7. The Morgan fingerprint density at radius 2 is 1.97 bits per heavy atom. The second-order valence-corrected chi connectivity index (χ2v) is 9.01. The molecule has 9 heteroatoms. The number of hydrogen-bond donors (Lipinski definition) is 1. The lowest BCUT2D eigenvalue weighted by Crippen LogP contribution is -2.22. The van der Waals surface area contributed by atoms with Gasteiger partial charge in [-0.25, -0.2) is 0 Å². The van der Waals surface area contributed by atoms with Crippen LogP contribution in [0.15, 0.2) is 42.6 Å². The number of rotatable bonds is 8. The van der Waals surface area contributed by atoms with Crippen molar-refractivity contribution in [3.05, 3.63) is 58.9 Å². The zero-order chi connectivity index (χ0) is 22.3. The molecule has 0 spiro atoms. The summed E-state index contributed by atoms with van der Waals surface area (Å²) in [5.41, 5.74) is 1.81. The van der Waals surface area contributed by atoms with Crippen LogP contribution in [0, 0.1) is 5.92 Å². The topological polar surface area (TPSA) is 99.1 Å². The average Bonchev–Trinajstić information content (AvgIpc) is 3.27. The van der Waals surface area contributed by atoms with Gasteiger partial charge in [-0.1, -0.05) is 23.5 Å². The third-order valence-corrected chi connectivity index (χ3v) is 6.75. The lowest BCUT2D eigenvalue weighted by atomic mass is 9.79. The highest BCUT2D eigenvalue weighted by Crippen LogP contribution is 2.36. The molecule has 3 aromatic rings. The number of ether oxygens (including phenoxy) is 2. The molecule has 4 rings (SSSR count). The van der Waals surface area contributed by atoms with Crippen LogP contribution in [0.25, 0.3) is 0 Å². The van der Waals surface area contributed by atoms with Gasteiger partial charge in [0.15, 0.2) is 6.10 Å². The minimum atomic E-state index is -0.756. The van der Waals surface area contributed by atoms with Gasteiger partial charge in [0.1, 0.15) is 10.8 Å². The Bertz CT molecular complexity index is 1020. The fourth-order valence-electron chi connectivity index (χ4n) is 4.20. The molecule has 1 aliphatic carbocycles. The number of methoxy groups -OCH3 is 2. The zero-order valence-electron chi connectivity index (χ0n) is 18.2. The van der Waals surface area contributed by atoms with E-state index in [1.54, 1.807) is 19.4 Å². The summed E-state index contributed by atoms with van der Waals surface area (Å²) in [5.74, 6) is 1.45. The zero-order valence-corrected chi connectivity index (χ0v) is 19.0. The largest absolute Gasteiger partial charge is 0.497 e. The van der Waals surface area contributed by atoms with Gasteiger partial charge >= 0.3 is 0 Å². The van der Waals surface area contributed by atoms with Crippen molar-refractivity contribution in [3.8, 4) is 5.75 Å². The lowest BCUT2D eigenvalue weighted by molar-refractivity contribution is -0.126. The van der Waals surface area contributed by atoms with Gasteiger partial charge in [0.05, 0.1) is 12.8 Å². The van der Waals surface area contributed by atoms with Crippen LogP contribution in [0.4, 0.5) is 5.13 Å². The molecule has 2 aromatic heterocycles. The van der Waals surface area contributed by atoms with Crippen LogP contribution >= 0.6 is 11.3 Å². The molecule has 1 saturated carbocycles. The van der Waals surface area contributed by atoms with E-state index in [1.807, 2.05) is 24.3 Å². The van der Waals surface area contributed by atoms with Crippen LogP contribution in [-0.2, 0) is 16.0 Å². The van der Waals surface area contributed by atoms with Gasteiger partial charge in [-0.05, 0) is 61.4 Å². The van der Waals surface area contributed by atoms with Crippen LogP contribution in [0.3, 0.4) is 0 Å². The molecule has 2 heterocycles. The number of aromatic nitrogens is 4. The van der Waals surface area contributed by atoms with Gasteiger partial charge in [-0.15, -0.1) is 10.2 Å². The Balaban J connectivity index is 1.31. The first-order chi connectivity index (χ1) is 15.7. The molecule has 0 aliphatic heterocycles. The number of nitrogens with one attached hydrogen (secondary N) is 1. The predicted molar refractivity (Wildman–Crippen MR) is 122 cm³/mol. The molecule has 32 heavy (non-hydrogen) atoms. The normalized spacial score (nSPS) is 19.3. The molecule has 0 radical (unpaired) electrons. The highest BCUT2D eigenvalue weighted by atomic mass is 32.1. The second-order valence-electron chi connectivity index (χ2n) is 7.95. The van der Waals surface area contributed by atoms with Crippen molar-refractivity contribution in [2.24, 2.45) is 5.92 Å². The fourth-order valence-corrected chi connectivity index (χ4v) is 5.05. The van der Waals surface area contributed by atoms with Gasteiger partial charge in [-0.2, -0.15) is 10.2 Å². The number of carbonyl (C=O) groups excluding carboxylic acids is 1. The summed E-state index contributed by atoms with van der Waals surface area (Å²) in [7, 11) is 3.10. The highest BCUT2D eigenvalue weighted by molar-refractivity contribution is 7.15. The number of amides is 1. The minimum Gasteiger partial charge on any atom is -0.497 e.